The summed E-state index contributed by atoms with van der Waals surface area (Å²) in [5, 5.41) is 10.2. The molecule has 0 heterocycles. The van der Waals surface area contributed by atoms with E-state index >= 15 is 0 Å². The van der Waals surface area contributed by atoms with Gasteiger partial charge in [-0.25, -0.2) is 9.18 Å². The van der Waals surface area contributed by atoms with Crippen LogP contribution in [0.15, 0.2) is 71.6 Å². The first-order valence-corrected chi connectivity index (χ1v) is 11.3. The van der Waals surface area contributed by atoms with E-state index < -0.39 is 23.7 Å². The van der Waals surface area contributed by atoms with Crippen molar-refractivity contribution in [3.63, 3.8) is 0 Å². The maximum absolute atomic E-state index is 13.5. The fourth-order valence-corrected chi connectivity index (χ4v) is 4.37. The number of rotatable bonds is 9. The predicted octanol–water partition coefficient (Wildman–Crippen LogP) is 6.00. The van der Waals surface area contributed by atoms with Gasteiger partial charge in [0.05, 0.1) is 18.6 Å². The fraction of sp³-hybridized carbons (Fsp3) is 0.160. The lowest BCUT2D eigenvalue weighted by molar-refractivity contribution is -0.140. The van der Waals surface area contributed by atoms with Gasteiger partial charge in [0, 0.05) is 27.7 Å². The lowest BCUT2D eigenvalue weighted by atomic mass is 9.97. The number of hydrogen-bond donors (Lipinski definition) is 1. The van der Waals surface area contributed by atoms with Gasteiger partial charge in [-0.3, -0.25) is 9.59 Å². The lowest BCUT2D eigenvalue weighted by Gasteiger charge is -2.13. The van der Waals surface area contributed by atoms with Gasteiger partial charge in [0.2, 0.25) is 0 Å². The normalized spacial score (nSPS) is 11.6. The van der Waals surface area contributed by atoms with Crippen molar-refractivity contribution in [1.82, 2.24) is 0 Å². The smallest absolute Gasteiger partial charge is 0.339 e. The number of Topliss-reactive ketones (excluding diaryl/α,β-unsaturated/α-hetero) is 1. The third-order valence-corrected chi connectivity index (χ3v) is 6.44. The molecule has 1 atom stereocenters. The maximum atomic E-state index is 13.5. The number of aliphatic carboxylic acids is 1. The minimum atomic E-state index is -1.13. The Morgan fingerprint density at radius 1 is 1.00 bits per heavy atom. The summed E-state index contributed by atoms with van der Waals surface area (Å²) in [6, 6.07) is 17.8. The Balaban J connectivity index is 1.69. The number of carbonyl (C=O) groups is 3. The maximum Gasteiger partial charge on any atom is 0.339 e. The van der Waals surface area contributed by atoms with Crippen LogP contribution in [0.2, 0.25) is 5.02 Å². The second kappa shape index (κ2) is 11.1. The molecule has 0 bridgehead atoms. The molecule has 0 spiro atoms. The molecule has 170 valence electrons. The van der Waals surface area contributed by atoms with E-state index in [-0.39, 0.29) is 23.5 Å². The van der Waals surface area contributed by atoms with Gasteiger partial charge in [0.15, 0.2) is 5.78 Å². The molecule has 0 aliphatic rings. The van der Waals surface area contributed by atoms with Gasteiger partial charge in [-0.1, -0.05) is 48.0 Å². The first-order valence-electron chi connectivity index (χ1n) is 9.91. The van der Waals surface area contributed by atoms with Crippen LogP contribution in [0.4, 0.5) is 4.39 Å². The van der Waals surface area contributed by atoms with Gasteiger partial charge < -0.3 is 9.84 Å². The SMILES string of the molecule is COC(=O)c1cc(F)ccc1SCC(CC(=O)c1ccc(-c2ccc(Cl)cc2)cc1)C(=O)O. The number of ether oxygens (including phenoxy) is 1. The van der Waals surface area contributed by atoms with Crippen molar-refractivity contribution in [2.24, 2.45) is 5.92 Å². The number of ketones is 1. The highest BCUT2D eigenvalue weighted by Gasteiger charge is 2.24. The van der Waals surface area contributed by atoms with Crippen LogP contribution in [0.5, 0.6) is 0 Å². The van der Waals surface area contributed by atoms with Crippen LogP contribution in [0.3, 0.4) is 0 Å². The molecule has 0 aliphatic carbocycles. The number of hydrogen-bond acceptors (Lipinski definition) is 5. The molecular weight excluding hydrogens is 467 g/mol. The average Bonchev–Trinajstić information content (AvgIpc) is 2.82. The van der Waals surface area contributed by atoms with Crippen LogP contribution in [0, 0.1) is 11.7 Å². The zero-order chi connectivity index (χ0) is 24.0. The zero-order valence-corrected chi connectivity index (χ0v) is 19.2. The van der Waals surface area contributed by atoms with E-state index in [1.165, 1.54) is 19.2 Å². The summed E-state index contributed by atoms with van der Waals surface area (Å²) < 4.78 is 18.2. The molecule has 1 N–H and O–H groups in total. The van der Waals surface area contributed by atoms with Gasteiger partial charge in [0.1, 0.15) is 5.82 Å². The number of methoxy groups -OCH3 is 1. The largest absolute Gasteiger partial charge is 0.481 e. The summed E-state index contributed by atoms with van der Waals surface area (Å²) in [4.78, 5) is 36.7. The highest BCUT2D eigenvalue weighted by Crippen LogP contribution is 2.28. The van der Waals surface area contributed by atoms with E-state index in [0.29, 0.717) is 15.5 Å². The summed E-state index contributed by atoms with van der Waals surface area (Å²) >= 11 is 6.97. The molecule has 3 aromatic carbocycles. The molecule has 0 aliphatic heterocycles. The number of carboxylic acids is 1. The second-order valence-corrected chi connectivity index (χ2v) is 8.69. The summed E-state index contributed by atoms with van der Waals surface area (Å²) in [6.07, 6.45) is -0.211. The Morgan fingerprint density at radius 2 is 1.61 bits per heavy atom. The van der Waals surface area contributed by atoms with Crippen molar-refractivity contribution in [2.45, 2.75) is 11.3 Å². The number of carboxylic acid groups (broad SMARTS) is 1. The molecule has 0 aromatic heterocycles. The Bertz CT molecular complexity index is 1160. The Hall–Kier alpha value is -3.16. The zero-order valence-electron chi connectivity index (χ0n) is 17.6. The van der Waals surface area contributed by atoms with Gasteiger partial charge in [-0.05, 0) is 41.5 Å². The van der Waals surface area contributed by atoms with Crippen LogP contribution in [0.1, 0.15) is 27.1 Å². The van der Waals surface area contributed by atoms with E-state index in [1.807, 2.05) is 12.1 Å². The molecule has 3 aromatic rings. The average molecular weight is 487 g/mol. The quantitative estimate of drug-likeness (QED) is 0.227. The van der Waals surface area contributed by atoms with Gasteiger partial charge >= 0.3 is 11.9 Å². The van der Waals surface area contributed by atoms with Crippen LogP contribution in [-0.4, -0.2) is 35.7 Å². The van der Waals surface area contributed by atoms with Crippen LogP contribution in [-0.2, 0) is 9.53 Å². The Kier molecular flexibility index (Phi) is 8.25. The molecule has 33 heavy (non-hydrogen) atoms. The van der Waals surface area contributed by atoms with E-state index in [2.05, 4.69) is 4.74 Å². The molecule has 8 heteroatoms. The van der Waals surface area contributed by atoms with Crippen molar-refractivity contribution < 1.29 is 28.6 Å². The highest BCUT2D eigenvalue weighted by molar-refractivity contribution is 7.99. The number of benzene rings is 3. The number of carbonyl (C=O) groups excluding carboxylic acids is 2. The first-order chi connectivity index (χ1) is 15.8. The van der Waals surface area contributed by atoms with E-state index in [0.717, 1.165) is 29.0 Å². The summed E-state index contributed by atoms with van der Waals surface area (Å²) in [5.41, 5.74) is 2.26. The molecular formula is C25H20ClFO5S. The topological polar surface area (TPSA) is 80.7 Å². The lowest BCUT2D eigenvalue weighted by Crippen LogP contribution is -2.20. The monoisotopic (exact) mass is 486 g/mol. The van der Waals surface area contributed by atoms with E-state index in [9.17, 15) is 23.9 Å². The minimum Gasteiger partial charge on any atom is -0.481 e. The third kappa shape index (κ3) is 6.43. The van der Waals surface area contributed by atoms with E-state index in [1.54, 1.807) is 36.4 Å². The second-order valence-electron chi connectivity index (χ2n) is 7.19. The third-order valence-electron chi connectivity index (χ3n) is 4.95. The molecule has 0 radical (unpaired) electrons. The Morgan fingerprint density at radius 3 is 2.18 bits per heavy atom. The number of halogens is 2. The first kappa shape index (κ1) is 24.5. The van der Waals surface area contributed by atoms with E-state index in [4.69, 9.17) is 11.6 Å². The Labute approximate surface area is 199 Å². The standard InChI is InChI=1S/C25H20ClFO5S/c1-32-25(31)21-13-20(27)10-11-23(21)33-14-18(24(29)30)12-22(28)17-4-2-15(3-5-17)16-6-8-19(26)9-7-16/h2-11,13,18H,12,14H2,1H3,(H,29,30). The number of thioether (sulfide) groups is 1. The van der Waals surface area contributed by atoms with Crippen LogP contribution in [0.25, 0.3) is 11.1 Å². The summed E-state index contributed by atoms with van der Waals surface area (Å²) in [6.45, 7) is 0. The van der Waals surface area contributed by atoms with Gasteiger partial charge in [-0.2, -0.15) is 0 Å². The van der Waals surface area contributed by atoms with Gasteiger partial charge in [0.25, 0.3) is 0 Å². The molecule has 0 saturated heterocycles. The molecule has 3 rings (SSSR count). The van der Waals surface area contributed by atoms with Crippen molar-refractivity contribution in [3.8, 4) is 11.1 Å². The summed E-state index contributed by atoms with van der Waals surface area (Å²) in [5.74, 6) is -3.73. The fourth-order valence-electron chi connectivity index (χ4n) is 3.14. The molecule has 0 amide bonds. The molecule has 0 saturated carbocycles. The minimum absolute atomic E-state index is 0.00996. The summed E-state index contributed by atoms with van der Waals surface area (Å²) in [7, 11) is 1.18. The van der Waals surface area contributed by atoms with Crippen LogP contribution >= 0.6 is 23.4 Å². The van der Waals surface area contributed by atoms with Crippen molar-refractivity contribution in [1.29, 1.82) is 0 Å². The molecule has 1 unspecified atom stereocenters. The van der Waals surface area contributed by atoms with Crippen molar-refractivity contribution >= 4 is 41.1 Å². The predicted molar refractivity (Wildman–Crippen MR) is 125 cm³/mol. The van der Waals surface area contributed by atoms with Crippen molar-refractivity contribution in [2.75, 3.05) is 12.9 Å². The molecule has 0 fully saturated rings. The van der Waals surface area contributed by atoms with Gasteiger partial charge in [-0.15, -0.1) is 11.8 Å². The number of esters is 1. The van der Waals surface area contributed by atoms with Crippen molar-refractivity contribution in [3.05, 3.63) is 88.7 Å². The van der Waals surface area contributed by atoms with Crippen LogP contribution < -0.4 is 0 Å². The highest BCUT2D eigenvalue weighted by atomic mass is 35.5. The molecule has 5 nitrogen and oxygen atoms in total.